The molecule has 0 spiro atoms. The van der Waals surface area contributed by atoms with Crippen molar-refractivity contribution in [1.82, 2.24) is 15.0 Å². The van der Waals surface area contributed by atoms with Crippen LogP contribution in [0, 0.1) is 0 Å². The summed E-state index contributed by atoms with van der Waals surface area (Å²) in [7, 11) is 0. The van der Waals surface area contributed by atoms with E-state index in [1.807, 2.05) is 0 Å². The number of carbonyl (C=O) groups is 2. The lowest BCUT2D eigenvalue weighted by atomic mass is 10.3. The quantitative estimate of drug-likeness (QED) is 0.152. The van der Waals surface area contributed by atoms with Crippen molar-refractivity contribution in [3.63, 3.8) is 0 Å². The summed E-state index contributed by atoms with van der Waals surface area (Å²) in [5.74, 6) is -3.45. The van der Waals surface area contributed by atoms with E-state index in [0.29, 0.717) is 29.3 Å². The Hall–Kier alpha value is -1.33. The van der Waals surface area contributed by atoms with Crippen LogP contribution < -0.4 is 16.0 Å². The SMILES string of the molecule is O=C(O)C(Nc1nc(Nc2c(Br)cc(Br)cc2Br)nc(Nc2c(Br)cc(Br)cc2Br)n1)C(=O)O. The number of nitrogens with zero attached hydrogens (tertiary/aromatic N) is 3. The summed E-state index contributed by atoms with van der Waals surface area (Å²) in [5, 5.41) is 26.8. The largest absolute Gasteiger partial charge is 0.479 e. The summed E-state index contributed by atoms with van der Waals surface area (Å²) < 4.78 is 4.31. The number of carboxylic acid groups (broad SMARTS) is 2. The molecule has 178 valence electrons. The highest BCUT2D eigenvalue weighted by molar-refractivity contribution is 9.12. The van der Waals surface area contributed by atoms with E-state index in [-0.39, 0.29) is 17.8 Å². The van der Waals surface area contributed by atoms with Crippen molar-refractivity contribution in [2.75, 3.05) is 16.0 Å². The Morgan fingerprint density at radius 1 is 0.647 bits per heavy atom. The van der Waals surface area contributed by atoms with Gasteiger partial charge in [-0.05, 0) is 88.0 Å². The van der Waals surface area contributed by atoms with Crippen molar-refractivity contribution in [3.05, 3.63) is 51.1 Å². The lowest BCUT2D eigenvalue weighted by Gasteiger charge is -2.16. The monoisotopic (exact) mass is 848 g/mol. The van der Waals surface area contributed by atoms with Crippen LogP contribution in [0.25, 0.3) is 0 Å². The first-order valence-electron chi connectivity index (χ1n) is 8.76. The fraction of sp³-hybridized carbons (Fsp3) is 0.0556. The third-order valence-electron chi connectivity index (χ3n) is 3.89. The average molecular weight is 854 g/mol. The molecule has 0 amide bonds. The highest BCUT2D eigenvalue weighted by Crippen LogP contribution is 2.37. The first kappa shape index (κ1) is 27.3. The van der Waals surface area contributed by atoms with E-state index in [1.165, 1.54) is 0 Å². The fourth-order valence-electron chi connectivity index (χ4n) is 2.46. The highest BCUT2D eigenvalue weighted by Gasteiger charge is 2.27. The first-order chi connectivity index (χ1) is 15.9. The fourth-order valence-corrected chi connectivity index (χ4v) is 7.37. The summed E-state index contributed by atoms with van der Waals surface area (Å²) in [6.45, 7) is 0. The van der Waals surface area contributed by atoms with Gasteiger partial charge in [0.05, 0.1) is 11.4 Å². The van der Waals surface area contributed by atoms with Crippen molar-refractivity contribution in [2.45, 2.75) is 6.04 Å². The Morgan fingerprint density at radius 3 is 1.29 bits per heavy atom. The van der Waals surface area contributed by atoms with Gasteiger partial charge in [0, 0.05) is 26.8 Å². The molecular weight excluding hydrogens is 844 g/mol. The number of rotatable bonds is 8. The number of nitrogens with one attached hydrogen (secondary N) is 3. The molecule has 1 aromatic heterocycles. The second-order valence-electron chi connectivity index (χ2n) is 6.30. The molecule has 2 aromatic carbocycles. The minimum Gasteiger partial charge on any atom is -0.479 e. The maximum atomic E-state index is 11.4. The number of carboxylic acids is 2. The van der Waals surface area contributed by atoms with Gasteiger partial charge in [-0.2, -0.15) is 15.0 Å². The zero-order valence-electron chi connectivity index (χ0n) is 16.2. The lowest BCUT2D eigenvalue weighted by Crippen LogP contribution is -2.37. The summed E-state index contributed by atoms with van der Waals surface area (Å²) in [6, 6.07) is 5.22. The highest BCUT2D eigenvalue weighted by atomic mass is 79.9. The van der Waals surface area contributed by atoms with E-state index in [9.17, 15) is 19.8 Å². The van der Waals surface area contributed by atoms with Crippen LogP contribution in [0.15, 0.2) is 51.1 Å². The molecule has 0 aliphatic carbocycles. The number of anilines is 5. The predicted octanol–water partition coefficient (Wildman–Crippen LogP) is 6.88. The van der Waals surface area contributed by atoms with Gasteiger partial charge in [0.1, 0.15) is 0 Å². The molecule has 0 atom stereocenters. The number of hydrogen-bond acceptors (Lipinski definition) is 8. The molecule has 0 fully saturated rings. The van der Waals surface area contributed by atoms with Crippen LogP contribution in [0.3, 0.4) is 0 Å². The van der Waals surface area contributed by atoms with Gasteiger partial charge in [0.15, 0.2) is 0 Å². The number of aromatic nitrogens is 3. The summed E-state index contributed by atoms with van der Waals surface area (Å²) in [5.41, 5.74) is 1.15. The van der Waals surface area contributed by atoms with Crippen molar-refractivity contribution in [2.24, 2.45) is 0 Å². The molecule has 0 saturated carbocycles. The molecule has 34 heavy (non-hydrogen) atoms. The number of aliphatic carboxylic acids is 2. The van der Waals surface area contributed by atoms with Gasteiger partial charge >= 0.3 is 11.9 Å². The Kier molecular flexibility index (Phi) is 9.30. The molecule has 0 saturated heterocycles. The summed E-state index contributed by atoms with van der Waals surface area (Å²) >= 11 is 20.6. The van der Waals surface area contributed by atoms with Crippen LogP contribution in [-0.4, -0.2) is 43.1 Å². The van der Waals surface area contributed by atoms with Gasteiger partial charge in [-0.3, -0.25) is 0 Å². The molecule has 16 heteroatoms. The molecule has 0 unspecified atom stereocenters. The Bertz CT molecular complexity index is 1160. The Labute approximate surface area is 242 Å². The van der Waals surface area contributed by atoms with Gasteiger partial charge in [0.2, 0.25) is 23.9 Å². The maximum Gasteiger partial charge on any atom is 0.338 e. The molecule has 3 aromatic rings. The van der Waals surface area contributed by atoms with E-state index in [4.69, 9.17) is 0 Å². The second-order valence-corrected chi connectivity index (χ2v) is 11.5. The molecule has 0 radical (unpaired) electrons. The minimum atomic E-state index is -1.97. The Morgan fingerprint density at radius 2 is 0.971 bits per heavy atom. The third kappa shape index (κ3) is 6.87. The predicted molar refractivity (Wildman–Crippen MR) is 148 cm³/mol. The zero-order valence-corrected chi connectivity index (χ0v) is 25.7. The van der Waals surface area contributed by atoms with Gasteiger partial charge in [-0.1, -0.05) is 31.9 Å². The van der Waals surface area contributed by atoms with Crippen molar-refractivity contribution in [1.29, 1.82) is 0 Å². The van der Waals surface area contributed by atoms with E-state index < -0.39 is 18.0 Å². The molecular formula is C18H10Br6N6O4. The summed E-state index contributed by atoms with van der Waals surface area (Å²) in [4.78, 5) is 35.4. The minimum absolute atomic E-state index is 0.0163. The molecule has 10 nitrogen and oxygen atoms in total. The normalized spacial score (nSPS) is 10.8. The zero-order chi connectivity index (χ0) is 25.2. The number of benzene rings is 2. The lowest BCUT2D eigenvalue weighted by molar-refractivity contribution is -0.148. The van der Waals surface area contributed by atoms with Gasteiger partial charge in [-0.25, -0.2) is 9.59 Å². The standard InChI is InChI=1S/C18H10Br6N6O4/c19-5-1-7(21)11(8(22)2-5)25-16-28-17(26-12-9(23)3-6(20)4-10(12)24)30-18(29-16)27-13(14(31)32)15(33)34/h1-4,13H,(H,31,32)(H,33,34)(H3,25,26,27,28,29,30). The van der Waals surface area contributed by atoms with E-state index >= 15 is 0 Å². The maximum absolute atomic E-state index is 11.4. The average Bonchev–Trinajstić information content (AvgIpc) is 2.71. The van der Waals surface area contributed by atoms with E-state index in [1.54, 1.807) is 24.3 Å². The second kappa shape index (κ2) is 11.6. The van der Waals surface area contributed by atoms with Crippen LogP contribution in [0.4, 0.5) is 29.2 Å². The first-order valence-corrected chi connectivity index (χ1v) is 13.5. The van der Waals surface area contributed by atoms with Crippen LogP contribution in [0.1, 0.15) is 0 Å². The van der Waals surface area contributed by atoms with E-state index in [0.717, 1.165) is 8.95 Å². The van der Waals surface area contributed by atoms with Crippen LogP contribution in [0.2, 0.25) is 0 Å². The van der Waals surface area contributed by atoms with Gasteiger partial charge in [-0.15, -0.1) is 0 Å². The molecule has 1 heterocycles. The smallest absolute Gasteiger partial charge is 0.338 e. The number of hydrogen-bond donors (Lipinski definition) is 5. The van der Waals surface area contributed by atoms with Crippen LogP contribution in [0.5, 0.6) is 0 Å². The molecule has 0 aliphatic heterocycles. The third-order valence-corrected chi connectivity index (χ3v) is 7.31. The molecule has 0 aliphatic rings. The van der Waals surface area contributed by atoms with Crippen LogP contribution in [-0.2, 0) is 9.59 Å². The van der Waals surface area contributed by atoms with Crippen molar-refractivity contribution < 1.29 is 19.8 Å². The molecule has 0 bridgehead atoms. The van der Waals surface area contributed by atoms with Crippen molar-refractivity contribution in [3.8, 4) is 0 Å². The van der Waals surface area contributed by atoms with E-state index in [2.05, 4.69) is 126 Å². The summed E-state index contributed by atoms with van der Waals surface area (Å²) in [6.07, 6.45) is 0. The molecule has 5 N–H and O–H groups in total. The van der Waals surface area contributed by atoms with Gasteiger partial charge in [0.25, 0.3) is 0 Å². The number of halogens is 6. The topological polar surface area (TPSA) is 149 Å². The van der Waals surface area contributed by atoms with Crippen molar-refractivity contribution >= 4 is 137 Å². The van der Waals surface area contributed by atoms with Crippen LogP contribution >= 0.6 is 95.6 Å². The Balaban J connectivity index is 2.07. The molecule has 3 rings (SSSR count). The van der Waals surface area contributed by atoms with Gasteiger partial charge < -0.3 is 26.2 Å².